The number of carbonyl (C=O) groups excluding carboxylic acids is 1. The number of fused-ring (bicyclic) bond motifs is 1. The number of nitrogens with zero attached hydrogens (tertiary/aromatic N) is 1. The third kappa shape index (κ3) is 3.24. The van der Waals surface area contributed by atoms with Gasteiger partial charge in [-0.15, -0.1) is 0 Å². The molecular formula is C17H23N3O2. The molecule has 0 aromatic carbocycles. The second-order valence-electron chi connectivity index (χ2n) is 5.97. The average Bonchev–Trinajstić information content (AvgIpc) is 2.93. The highest BCUT2D eigenvalue weighted by Gasteiger charge is 2.17. The molecule has 2 N–H and O–H groups in total. The maximum Gasteiger partial charge on any atom is 0.267 e. The van der Waals surface area contributed by atoms with Gasteiger partial charge in [-0.25, -0.2) is 4.98 Å². The van der Waals surface area contributed by atoms with Crippen LogP contribution < -0.4 is 10.1 Å². The quantitative estimate of drug-likeness (QED) is 0.913. The minimum Gasteiger partial charge on any atom is -0.496 e. The highest BCUT2D eigenvalue weighted by atomic mass is 16.5. The lowest BCUT2D eigenvalue weighted by Gasteiger charge is -2.20. The lowest BCUT2D eigenvalue weighted by molar-refractivity contribution is 0.0926. The first-order chi connectivity index (χ1) is 10.8. The number of hydrogen-bond acceptors (Lipinski definition) is 3. The molecule has 5 nitrogen and oxygen atoms in total. The molecule has 0 aliphatic heterocycles. The fourth-order valence-corrected chi connectivity index (χ4v) is 3.17. The van der Waals surface area contributed by atoms with Crippen molar-refractivity contribution in [2.75, 3.05) is 7.11 Å². The Bertz CT molecular complexity index is 642. The minimum absolute atomic E-state index is 0.0503. The summed E-state index contributed by atoms with van der Waals surface area (Å²) < 4.78 is 5.31. The number of amides is 1. The summed E-state index contributed by atoms with van der Waals surface area (Å²) in [5.41, 5.74) is 1.23. The molecule has 2 aromatic rings. The van der Waals surface area contributed by atoms with Gasteiger partial charge in [-0.3, -0.25) is 4.79 Å². The van der Waals surface area contributed by atoms with Crippen LogP contribution in [0, 0.1) is 0 Å². The van der Waals surface area contributed by atoms with Crippen LogP contribution in [0.5, 0.6) is 5.75 Å². The van der Waals surface area contributed by atoms with Crippen LogP contribution in [0.1, 0.15) is 55.4 Å². The van der Waals surface area contributed by atoms with E-state index < -0.39 is 0 Å². The van der Waals surface area contributed by atoms with Crippen molar-refractivity contribution in [1.29, 1.82) is 0 Å². The fourth-order valence-electron chi connectivity index (χ4n) is 3.17. The molecule has 1 fully saturated rings. The van der Waals surface area contributed by atoms with Gasteiger partial charge in [-0.05, 0) is 25.0 Å². The number of rotatable bonds is 3. The minimum atomic E-state index is -0.0503. The number of aromatic amines is 1. The zero-order valence-corrected chi connectivity index (χ0v) is 13.0. The van der Waals surface area contributed by atoms with Crippen molar-refractivity contribution < 1.29 is 9.53 Å². The lowest BCUT2D eigenvalue weighted by Crippen LogP contribution is -2.35. The second kappa shape index (κ2) is 6.81. The fraction of sp³-hybridized carbons (Fsp3) is 0.529. The van der Waals surface area contributed by atoms with Gasteiger partial charge in [-0.2, -0.15) is 0 Å². The maximum atomic E-state index is 12.5. The zero-order chi connectivity index (χ0) is 15.4. The molecule has 22 heavy (non-hydrogen) atoms. The van der Waals surface area contributed by atoms with Crippen molar-refractivity contribution >= 4 is 16.9 Å². The number of methoxy groups -OCH3 is 1. The van der Waals surface area contributed by atoms with E-state index in [1.807, 2.05) is 6.07 Å². The highest BCUT2D eigenvalue weighted by molar-refractivity contribution is 5.98. The molecule has 1 aliphatic carbocycles. The van der Waals surface area contributed by atoms with Crippen LogP contribution >= 0.6 is 0 Å². The van der Waals surface area contributed by atoms with Crippen LogP contribution in [0.4, 0.5) is 0 Å². The monoisotopic (exact) mass is 301 g/mol. The van der Waals surface area contributed by atoms with Crippen molar-refractivity contribution in [3.8, 4) is 5.75 Å². The van der Waals surface area contributed by atoms with Gasteiger partial charge in [0.15, 0.2) is 0 Å². The Morgan fingerprint density at radius 2 is 2.00 bits per heavy atom. The van der Waals surface area contributed by atoms with E-state index in [9.17, 15) is 4.79 Å². The summed E-state index contributed by atoms with van der Waals surface area (Å²) in [4.78, 5) is 19.8. The number of H-pyrrole nitrogens is 1. The topological polar surface area (TPSA) is 67.0 Å². The van der Waals surface area contributed by atoms with E-state index >= 15 is 0 Å². The summed E-state index contributed by atoms with van der Waals surface area (Å²) in [6.07, 6.45) is 10.1. The first-order valence-electron chi connectivity index (χ1n) is 8.10. The van der Waals surface area contributed by atoms with Gasteiger partial charge in [0, 0.05) is 12.2 Å². The number of carbonyl (C=O) groups is 1. The third-order valence-electron chi connectivity index (χ3n) is 4.40. The van der Waals surface area contributed by atoms with Crippen LogP contribution in [-0.4, -0.2) is 29.0 Å². The number of aromatic nitrogens is 2. The molecule has 0 unspecified atom stereocenters. The molecule has 0 spiro atoms. The van der Waals surface area contributed by atoms with Crippen LogP contribution in [-0.2, 0) is 0 Å². The van der Waals surface area contributed by atoms with E-state index in [4.69, 9.17) is 4.74 Å². The Labute approximate surface area is 130 Å². The third-order valence-corrected chi connectivity index (χ3v) is 4.40. The van der Waals surface area contributed by atoms with Crippen LogP contribution in [0.3, 0.4) is 0 Å². The van der Waals surface area contributed by atoms with Crippen molar-refractivity contribution in [3.05, 3.63) is 24.0 Å². The van der Waals surface area contributed by atoms with Crippen LogP contribution in [0.25, 0.3) is 11.0 Å². The molecule has 2 aromatic heterocycles. The predicted molar refractivity (Wildman–Crippen MR) is 86.2 cm³/mol. The van der Waals surface area contributed by atoms with Crippen LogP contribution in [0.15, 0.2) is 18.3 Å². The number of pyridine rings is 1. The van der Waals surface area contributed by atoms with Crippen molar-refractivity contribution in [2.45, 2.75) is 51.0 Å². The first kappa shape index (κ1) is 14.9. The van der Waals surface area contributed by atoms with Crippen molar-refractivity contribution in [3.63, 3.8) is 0 Å². The molecule has 1 amide bonds. The highest BCUT2D eigenvalue weighted by Crippen LogP contribution is 2.24. The standard InChI is InChI=1S/C17H23N3O2/c1-22-15-9-10-18-16-13(15)11-14(20-16)17(21)19-12-7-5-3-2-4-6-8-12/h9-12H,2-8H2,1H3,(H,18,20)(H,19,21). The molecule has 0 atom stereocenters. The van der Waals surface area contributed by atoms with E-state index in [-0.39, 0.29) is 11.9 Å². The zero-order valence-electron chi connectivity index (χ0n) is 13.0. The summed E-state index contributed by atoms with van der Waals surface area (Å²) in [5.74, 6) is 0.678. The van der Waals surface area contributed by atoms with E-state index in [0.29, 0.717) is 11.3 Å². The molecule has 118 valence electrons. The Hall–Kier alpha value is -2.04. The molecular weight excluding hydrogens is 278 g/mol. The van der Waals surface area contributed by atoms with Crippen LogP contribution in [0.2, 0.25) is 0 Å². The van der Waals surface area contributed by atoms with Gasteiger partial charge in [0.1, 0.15) is 17.1 Å². The SMILES string of the molecule is COc1ccnc2[nH]c(C(=O)NC3CCCCCCC3)cc12. The number of ether oxygens (including phenoxy) is 1. The molecule has 1 saturated carbocycles. The number of nitrogens with one attached hydrogen (secondary N) is 2. The summed E-state index contributed by atoms with van der Waals surface area (Å²) in [6.45, 7) is 0. The predicted octanol–water partition coefficient (Wildman–Crippen LogP) is 3.41. The molecule has 5 heteroatoms. The van der Waals surface area contributed by atoms with Gasteiger partial charge in [0.2, 0.25) is 0 Å². The van der Waals surface area contributed by atoms with E-state index in [0.717, 1.165) is 24.0 Å². The Morgan fingerprint density at radius 3 is 2.73 bits per heavy atom. The molecule has 3 rings (SSSR count). The normalized spacial score (nSPS) is 17.0. The van der Waals surface area contributed by atoms with E-state index in [1.165, 1.54) is 32.1 Å². The van der Waals surface area contributed by atoms with Gasteiger partial charge >= 0.3 is 0 Å². The van der Waals surface area contributed by atoms with Gasteiger partial charge in [0.25, 0.3) is 5.91 Å². The van der Waals surface area contributed by atoms with Crippen molar-refractivity contribution in [1.82, 2.24) is 15.3 Å². The first-order valence-corrected chi connectivity index (χ1v) is 8.10. The Balaban J connectivity index is 1.74. The molecule has 0 radical (unpaired) electrons. The molecule has 0 bridgehead atoms. The lowest BCUT2D eigenvalue weighted by atomic mass is 9.96. The van der Waals surface area contributed by atoms with Gasteiger partial charge in [-0.1, -0.05) is 32.1 Å². The summed E-state index contributed by atoms with van der Waals surface area (Å²) in [5, 5.41) is 4.00. The largest absolute Gasteiger partial charge is 0.496 e. The van der Waals surface area contributed by atoms with Crippen molar-refractivity contribution in [2.24, 2.45) is 0 Å². The molecule has 0 saturated heterocycles. The summed E-state index contributed by atoms with van der Waals surface area (Å²) in [6, 6.07) is 3.90. The smallest absolute Gasteiger partial charge is 0.267 e. The van der Waals surface area contributed by atoms with Gasteiger partial charge in [0.05, 0.1) is 12.5 Å². The summed E-state index contributed by atoms with van der Waals surface area (Å²) >= 11 is 0. The van der Waals surface area contributed by atoms with Gasteiger partial charge < -0.3 is 15.0 Å². The Kier molecular flexibility index (Phi) is 4.61. The Morgan fingerprint density at radius 1 is 1.27 bits per heavy atom. The molecule has 2 heterocycles. The van der Waals surface area contributed by atoms with E-state index in [2.05, 4.69) is 15.3 Å². The van der Waals surface area contributed by atoms with E-state index in [1.54, 1.807) is 19.4 Å². The second-order valence-corrected chi connectivity index (χ2v) is 5.97. The summed E-state index contributed by atoms with van der Waals surface area (Å²) in [7, 11) is 1.62. The molecule has 1 aliphatic rings. The maximum absolute atomic E-state index is 12.5. The average molecular weight is 301 g/mol. The number of hydrogen-bond donors (Lipinski definition) is 2.